The zero-order valence-corrected chi connectivity index (χ0v) is 17.8. The Morgan fingerprint density at radius 2 is 1.07 bits per heavy atom. The van der Waals surface area contributed by atoms with Gasteiger partial charge in [0.2, 0.25) is 0 Å². The van der Waals surface area contributed by atoms with E-state index >= 15 is 0 Å². The van der Waals surface area contributed by atoms with E-state index in [1.54, 1.807) is 0 Å². The van der Waals surface area contributed by atoms with Crippen LogP contribution < -0.4 is 10.9 Å². The zero-order chi connectivity index (χ0) is 21.6. The van der Waals surface area contributed by atoms with Crippen molar-refractivity contribution < 1.29 is 19.1 Å². The molecule has 0 bridgehead atoms. The Bertz CT molecular complexity index is 687. The van der Waals surface area contributed by atoms with Crippen LogP contribution in [-0.4, -0.2) is 37.2 Å². The number of hydrogen-bond donors (Lipinski definition) is 2. The summed E-state index contributed by atoms with van der Waals surface area (Å²) in [6.45, 7) is 4.62. The molecule has 162 valence electrons. The standard InChI is InChI=1S/C24H32N2O4/c1-3-15-29-23(27)21(17-19-11-7-5-8-12-19)25-26-22(24(28)30-16-4-2)18-20-13-9-6-10-14-20/h5-14,21-22,25-26H,3-4,15-18H2,1-2H3/t21-,22-/m0/s1. The predicted octanol–water partition coefficient (Wildman–Crippen LogP) is 3.21. The highest BCUT2D eigenvalue weighted by molar-refractivity contribution is 5.77. The second-order valence-electron chi connectivity index (χ2n) is 7.11. The smallest absolute Gasteiger partial charge is 0.324 e. The van der Waals surface area contributed by atoms with Crippen LogP contribution in [-0.2, 0) is 31.9 Å². The van der Waals surface area contributed by atoms with E-state index in [2.05, 4.69) is 10.9 Å². The number of esters is 2. The van der Waals surface area contributed by atoms with Crippen molar-refractivity contribution in [2.24, 2.45) is 0 Å². The van der Waals surface area contributed by atoms with Crippen LogP contribution in [0.25, 0.3) is 0 Å². The van der Waals surface area contributed by atoms with Crippen molar-refractivity contribution >= 4 is 11.9 Å². The van der Waals surface area contributed by atoms with Gasteiger partial charge in [0.1, 0.15) is 12.1 Å². The Morgan fingerprint density at radius 1 is 0.700 bits per heavy atom. The highest BCUT2D eigenvalue weighted by atomic mass is 16.5. The fourth-order valence-corrected chi connectivity index (χ4v) is 2.89. The number of hydrogen-bond acceptors (Lipinski definition) is 6. The van der Waals surface area contributed by atoms with Crippen molar-refractivity contribution in [2.45, 2.75) is 51.6 Å². The average molecular weight is 413 g/mol. The lowest BCUT2D eigenvalue weighted by atomic mass is 10.1. The van der Waals surface area contributed by atoms with Gasteiger partial charge in [-0.05, 0) is 36.8 Å². The van der Waals surface area contributed by atoms with Gasteiger partial charge >= 0.3 is 11.9 Å². The first kappa shape index (κ1) is 23.6. The molecule has 0 heterocycles. The first-order valence-electron chi connectivity index (χ1n) is 10.6. The Labute approximate surface area is 178 Å². The molecular formula is C24H32N2O4. The number of hydrazine groups is 1. The summed E-state index contributed by atoms with van der Waals surface area (Å²) in [7, 11) is 0. The third-order valence-corrected chi connectivity index (χ3v) is 4.46. The van der Waals surface area contributed by atoms with Crippen molar-refractivity contribution in [3.8, 4) is 0 Å². The summed E-state index contributed by atoms with van der Waals surface area (Å²) in [5.74, 6) is -0.706. The van der Waals surface area contributed by atoms with Crippen LogP contribution in [0.15, 0.2) is 60.7 Å². The van der Waals surface area contributed by atoms with Gasteiger partial charge in [-0.3, -0.25) is 9.59 Å². The lowest BCUT2D eigenvalue weighted by Crippen LogP contribution is -2.54. The maximum Gasteiger partial charge on any atom is 0.324 e. The van der Waals surface area contributed by atoms with Crippen LogP contribution in [0.2, 0.25) is 0 Å². The maximum absolute atomic E-state index is 12.6. The fraction of sp³-hybridized carbons (Fsp3) is 0.417. The molecule has 0 fully saturated rings. The molecule has 6 nitrogen and oxygen atoms in total. The van der Waals surface area contributed by atoms with Crippen molar-refractivity contribution in [2.75, 3.05) is 13.2 Å². The van der Waals surface area contributed by atoms with E-state index < -0.39 is 12.1 Å². The van der Waals surface area contributed by atoms with E-state index in [1.165, 1.54) is 0 Å². The minimum absolute atomic E-state index is 0.353. The SMILES string of the molecule is CCCOC(=O)[C@H](Cc1ccccc1)NN[C@@H](Cc1ccccc1)C(=O)OCCC. The average Bonchev–Trinajstić information content (AvgIpc) is 2.78. The number of ether oxygens (including phenoxy) is 2. The van der Waals surface area contributed by atoms with Crippen LogP contribution in [0.5, 0.6) is 0 Å². The van der Waals surface area contributed by atoms with Gasteiger partial charge in [-0.25, -0.2) is 10.9 Å². The van der Waals surface area contributed by atoms with E-state index in [0.29, 0.717) is 26.1 Å². The quantitative estimate of drug-likeness (QED) is 0.389. The molecule has 2 N–H and O–H groups in total. The molecule has 0 radical (unpaired) electrons. The molecule has 0 saturated heterocycles. The van der Waals surface area contributed by atoms with Crippen LogP contribution in [0, 0.1) is 0 Å². The largest absolute Gasteiger partial charge is 0.464 e. The molecule has 0 unspecified atom stereocenters. The normalized spacial score (nSPS) is 12.7. The van der Waals surface area contributed by atoms with Gasteiger partial charge in [-0.15, -0.1) is 0 Å². The second kappa shape index (κ2) is 13.5. The van der Waals surface area contributed by atoms with Gasteiger partial charge in [0, 0.05) is 0 Å². The first-order valence-corrected chi connectivity index (χ1v) is 10.6. The summed E-state index contributed by atoms with van der Waals surface area (Å²) >= 11 is 0. The molecule has 0 aromatic heterocycles. The third-order valence-electron chi connectivity index (χ3n) is 4.46. The van der Waals surface area contributed by atoms with Gasteiger partial charge < -0.3 is 9.47 Å². The molecular weight excluding hydrogens is 380 g/mol. The van der Waals surface area contributed by atoms with Crippen molar-refractivity contribution in [1.29, 1.82) is 0 Å². The van der Waals surface area contributed by atoms with Crippen molar-refractivity contribution in [3.05, 3.63) is 71.8 Å². The molecule has 2 aromatic carbocycles. The van der Waals surface area contributed by atoms with Gasteiger partial charge in [-0.1, -0.05) is 74.5 Å². The molecule has 2 atom stereocenters. The molecule has 0 amide bonds. The topological polar surface area (TPSA) is 76.7 Å². The first-order chi connectivity index (χ1) is 14.6. The van der Waals surface area contributed by atoms with Gasteiger partial charge in [0.25, 0.3) is 0 Å². The second-order valence-corrected chi connectivity index (χ2v) is 7.11. The lowest BCUT2D eigenvalue weighted by molar-refractivity contribution is -0.149. The summed E-state index contributed by atoms with van der Waals surface area (Å²) in [6.07, 6.45) is 2.38. The minimum Gasteiger partial charge on any atom is -0.464 e. The van der Waals surface area contributed by atoms with E-state index in [4.69, 9.17) is 9.47 Å². The number of benzene rings is 2. The Kier molecular flexibility index (Phi) is 10.6. The summed E-state index contributed by atoms with van der Waals surface area (Å²) in [6, 6.07) is 18.1. The van der Waals surface area contributed by atoms with Crippen LogP contribution in [0.4, 0.5) is 0 Å². The van der Waals surface area contributed by atoms with E-state index in [-0.39, 0.29) is 11.9 Å². The maximum atomic E-state index is 12.6. The van der Waals surface area contributed by atoms with E-state index in [1.807, 2.05) is 74.5 Å². The molecule has 0 aliphatic heterocycles. The summed E-state index contributed by atoms with van der Waals surface area (Å²) in [5, 5.41) is 0. The Balaban J connectivity index is 2.08. The number of nitrogens with one attached hydrogen (secondary N) is 2. The molecule has 0 aliphatic rings. The fourth-order valence-electron chi connectivity index (χ4n) is 2.89. The minimum atomic E-state index is -0.629. The number of carbonyl (C=O) groups excluding carboxylic acids is 2. The lowest BCUT2D eigenvalue weighted by Gasteiger charge is -2.23. The Morgan fingerprint density at radius 3 is 1.40 bits per heavy atom. The highest BCUT2D eigenvalue weighted by Crippen LogP contribution is 2.07. The molecule has 0 aliphatic carbocycles. The number of carbonyl (C=O) groups is 2. The summed E-state index contributed by atoms with van der Waals surface area (Å²) < 4.78 is 10.7. The van der Waals surface area contributed by atoms with Crippen molar-refractivity contribution in [1.82, 2.24) is 10.9 Å². The molecule has 6 heteroatoms. The van der Waals surface area contributed by atoms with Crippen LogP contribution >= 0.6 is 0 Å². The predicted molar refractivity (Wildman–Crippen MR) is 117 cm³/mol. The van der Waals surface area contributed by atoms with Crippen LogP contribution in [0.1, 0.15) is 37.8 Å². The third kappa shape index (κ3) is 8.35. The monoisotopic (exact) mass is 412 g/mol. The van der Waals surface area contributed by atoms with Gasteiger partial charge in [0.05, 0.1) is 13.2 Å². The Hall–Kier alpha value is -2.70. The zero-order valence-electron chi connectivity index (χ0n) is 17.8. The highest BCUT2D eigenvalue weighted by Gasteiger charge is 2.25. The molecule has 0 saturated carbocycles. The van der Waals surface area contributed by atoms with E-state index in [0.717, 1.165) is 24.0 Å². The summed E-state index contributed by atoms with van der Waals surface area (Å²) in [4.78, 5) is 25.2. The van der Waals surface area contributed by atoms with Crippen molar-refractivity contribution in [3.63, 3.8) is 0 Å². The van der Waals surface area contributed by atoms with Gasteiger partial charge in [-0.2, -0.15) is 0 Å². The number of rotatable bonds is 13. The molecule has 2 rings (SSSR count). The summed E-state index contributed by atoms with van der Waals surface area (Å²) in [5.41, 5.74) is 8.06. The van der Waals surface area contributed by atoms with Crippen LogP contribution in [0.3, 0.4) is 0 Å². The van der Waals surface area contributed by atoms with E-state index in [9.17, 15) is 9.59 Å². The molecule has 30 heavy (non-hydrogen) atoms. The molecule has 0 spiro atoms. The van der Waals surface area contributed by atoms with Gasteiger partial charge in [0.15, 0.2) is 0 Å². The molecule has 2 aromatic rings.